The highest BCUT2D eigenvalue weighted by atomic mass is 16.6. The lowest BCUT2D eigenvalue weighted by Gasteiger charge is -2.26. The van der Waals surface area contributed by atoms with Gasteiger partial charge in [-0.1, -0.05) is 154 Å². The second-order valence-corrected chi connectivity index (χ2v) is 15.7. The van der Waals surface area contributed by atoms with Crippen LogP contribution in [0.15, 0.2) is 24.3 Å². The van der Waals surface area contributed by atoms with E-state index >= 15 is 0 Å². The van der Waals surface area contributed by atoms with Crippen molar-refractivity contribution in [1.29, 1.82) is 0 Å². The first kappa shape index (κ1) is 49.8. The Morgan fingerprint density at radius 3 is 1.32 bits per heavy atom. The molecule has 1 rings (SSSR count). The summed E-state index contributed by atoms with van der Waals surface area (Å²) in [6, 6.07) is 0. The van der Waals surface area contributed by atoms with Crippen LogP contribution in [0.3, 0.4) is 0 Å². The maximum Gasteiger partial charge on any atom is 0.306 e. The Balaban J connectivity index is 2.11. The molecule has 0 radical (unpaired) electrons. The summed E-state index contributed by atoms with van der Waals surface area (Å²) in [5.74, 6) is -0.134. The molecule has 1 aliphatic heterocycles. The highest BCUT2D eigenvalue weighted by molar-refractivity contribution is 5.69. The maximum atomic E-state index is 12.7. The van der Waals surface area contributed by atoms with E-state index in [1.807, 2.05) is 0 Å². The van der Waals surface area contributed by atoms with Gasteiger partial charge in [-0.2, -0.15) is 0 Å². The molecule has 1 aliphatic rings. The number of esters is 1. The van der Waals surface area contributed by atoms with Crippen molar-refractivity contribution in [3.8, 4) is 0 Å². The summed E-state index contributed by atoms with van der Waals surface area (Å²) in [7, 11) is 0. The lowest BCUT2D eigenvalue weighted by atomic mass is 10.1. The first-order valence-corrected chi connectivity index (χ1v) is 23.2. The Labute approximate surface area is 330 Å². The van der Waals surface area contributed by atoms with Crippen molar-refractivity contribution in [3.63, 3.8) is 0 Å². The normalized spacial score (nSPS) is 14.0. The van der Waals surface area contributed by atoms with Gasteiger partial charge in [0, 0.05) is 32.7 Å². The maximum absolute atomic E-state index is 12.7. The Kier molecular flexibility index (Phi) is 39.4. The number of hydrogen-bond acceptors (Lipinski definition) is 6. The highest BCUT2D eigenvalue weighted by Crippen LogP contribution is 2.13. The second-order valence-electron chi connectivity index (χ2n) is 15.7. The zero-order valence-electron chi connectivity index (χ0n) is 35.5. The minimum absolute atomic E-state index is 0.134. The van der Waals surface area contributed by atoms with Crippen LogP contribution in [0.4, 0.5) is 0 Å². The number of morpholine rings is 1. The first-order chi connectivity index (χ1) is 26.3. The van der Waals surface area contributed by atoms with E-state index in [0.717, 1.165) is 65.3 Å². The van der Waals surface area contributed by atoms with Gasteiger partial charge in [-0.3, -0.25) is 9.69 Å². The van der Waals surface area contributed by atoms with Crippen LogP contribution in [0.2, 0.25) is 0 Å². The van der Waals surface area contributed by atoms with Gasteiger partial charge in [-0.05, 0) is 77.2 Å². The quantitative estimate of drug-likeness (QED) is 0.0353. The van der Waals surface area contributed by atoms with E-state index in [1.54, 1.807) is 0 Å². The summed E-state index contributed by atoms with van der Waals surface area (Å²) in [6.07, 6.45) is 47.0. The molecule has 53 heavy (non-hydrogen) atoms. The Morgan fingerprint density at radius 2 is 0.906 bits per heavy atom. The van der Waals surface area contributed by atoms with Crippen LogP contribution in [0, 0.1) is 0 Å². The fourth-order valence-electron chi connectivity index (χ4n) is 6.97. The van der Waals surface area contributed by atoms with Crippen molar-refractivity contribution >= 4 is 5.97 Å². The van der Waals surface area contributed by atoms with E-state index in [-0.39, 0.29) is 12.1 Å². The highest BCUT2D eigenvalue weighted by Gasteiger charge is 2.17. The van der Waals surface area contributed by atoms with Crippen LogP contribution in [0.1, 0.15) is 206 Å². The number of allylic oxidation sites excluding steroid dienone is 4. The van der Waals surface area contributed by atoms with Gasteiger partial charge in [0.2, 0.25) is 0 Å². The van der Waals surface area contributed by atoms with Gasteiger partial charge in [-0.15, -0.1) is 0 Å². The summed E-state index contributed by atoms with van der Waals surface area (Å²) < 4.78 is 23.3. The third-order valence-electron chi connectivity index (χ3n) is 10.5. The van der Waals surface area contributed by atoms with Crippen LogP contribution >= 0.6 is 0 Å². The molecule has 0 aliphatic carbocycles. The number of nitrogens with zero attached hydrogens (tertiary/aromatic N) is 1. The molecule has 1 heterocycles. The standard InChI is InChI=1S/C47H89NO5/c1-3-5-7-9-11-13-15-17-19-21-23-25-27-29-31-33-40-51-44-46(53-47(49)36-35-37-48-38-42-50-43-39-48)45-52-41-34-32-30-28-26-24-22-20-18-16-14-12-10-8-6-4-2/h17-20,46H,3-16,21-45H2,1-2H3/b19-17-,20-18-. The van der Waals surface area contributed by atoms with Gasteiger partial charge >= 0.3 is 5.97 Å². The molecule has 0 aromatic carbocycles. The number of ether oxygens (including phenoxy) is 4. The van der Waals surface area contributed by atoms with Gasteiger partial charge < -0.3 is 18.9 Å². The molecule has 0 N–H and O–H groups in total. The Hall–Kier alpha value is -1.21. The van der Waals surface area contributed by atoms with Crippen LogP contribution in [-0.2, 0) is 23.7 Å². The lowest BCUT2D eigenvalue weighted by Crippen LogP contribution is -2.37. The number of unbranched alkanes of at least 4 members (excludes halogenated alkanes) is 24. The van der Waals surface area contributed by atoms with Crippen molar-refractivity contribution in [2.45, 2.75) is 213 Å². The fraction of sp³-hybridized carbons (Fsp3) is 0.894. The SMILES string of the molecule is CCCCCCCC/C=C\CCCCCCCCOCC(COCCCCCCCC/C=C\CCCCCCCC)OC(=O)CCCN1CCOCC1. The van der Waals surface area contributed by atoms with E-state index < -0.39 is 0 Å². The van der Waals surface area contributed by atoms with Crippen molar-refractivity contribution in [1.82, 2.24) is 4.90 Å². The molecule has 0 saturated carbocycles. The predicted molar refractivity (Wildman–Crippen MR) is 227 cm³/mol. The molecule has 6 nitrogen and oxygen atoms in total. The third kappa shape index (κ3) is 37.5. The zero-order valence-corrected chi connectivity index (χ0v) is 35.5. The average Bonchev–Trinajstić information content (AvgIpc) is 3.17. The number of carbonyl (C=O) groups is 1. The molecule has 0 aromatic rings. The molecule has 0 unspecified atom stereocenters. The van der Waals surface area contributed by atoms with Crippen LogP contribution in [-0.4, -0.2) is 76.2 Å². The number of hydrogen-bond donors (Lipinski definition) is 0. The lowest BCUT2D eigenvalue weighted by molar-refractivity contribution is -0.156. The van der Waals surface area contributed by atoms with Crippen LogP contribution < -0.4 is 0 Å². The van der Waals surface area contributed by atoms with E-state index in [0.29, 0.717) is 19.6 Å². The Bertz CT molecular complexity index is 750. The van der Waals surface area contributed by atoms with Crippen molar-refractivity contribution in [2.75, 3.05) is 59.3 Å². The molecule has 0 aromatic heterocycles. The van der Waals surface area contributed by atoms with Crippen LogP contribution in [0.5, 0.6) is 0 Å². The molecule has 1 saturated heterocycles. The summed E-state index contributed by atoms with van der Waals surface area (Å²) in [4.78, 5) is 15.1. The smallest absolute Gasteiger partial charge is 0.306 e. The minimum Gasteiger partial charge on any atom is -0.457 e. The molecule has 6 heteroatoms. The van der Waals surface area contributed by atoms with Gasteiger partial charge in [0.05, 0.1) is 26.4 Å². The molecule has 0 atom stereocenters. The largest absolute Gasteiger partial charge is 0.457 e. The summed E-state index contributed by atoms with van der Waals surface area (Å²) >= 11 is 0. The zero-order chi connectivity index (χ0) is 38.0. The van der Waals surface area contributed by atoms with Crippen molar-refractivity contribution < 1.29 is 23.7 Å². The molecule has 0 bridgehead atoms. The topological polar surface area (TPSA) is 57.2 Å². The monoisotopic (exact) mass is 748 g/mol. The van der Waals surface area contributed by atoms with E-state index in [9.17, 15) is 4.79 Å². The Morgan fingerprint density at radius 1 is 0.528 bits per heavy atom. The fourth-order valence-corrected chi connectivity index (χ4v) is 6.97. The van der Waals surface area contributed by atoms with Gasteiger partial charge in [0.15, 0.2) is 0 Å². The molecular weight excluding hydrogens is 659 g/mol. The predicted octanol–water partition coefficient (Wildman–Crippen LogP) is 13.1. The summed E-state index contributed by atoms with van der Waals surface area (Å²) in [6.45, 7) is 11.3. The van der Waals surface area contributed by atoms with Crippen LogP contribution in [0.25, 0.3) is 0 Å². The molecule has 0 spiro atoms. The van der Waals surface area contributed by atoms with E-state index in [2.05, 4.69) is 43.1 Å². The van der Waals surface area contributed by atoms with Crippen molar-refractivity contribution in [2.24, 2.45) is 0 Å². The van der Waals surface area contributed by atoms with Gasteiger partial charge in [0.25, 0.3) is 0 Å². The van der Waals surface area contributed by atoms with Gasteiger partial charge in [-0.25, -0.2) is 0 Å². The van der Waals surface area contributed by atoms with Gasteiger partial charge in [0.1, 0.15) is 6.10 Å². The first-order valence-electron chi connectivity index (χ1n) is 23.2. The van der Waals surface area contributed by atoms with E-state index in [4.69, 9.17) is 18.9 Å². The van der Waals surface area contributed by atoms with Crippen molar-refractivity contribution in [3.05, 3.63) is 24.3 Å². The number of rotatable bonds is 41. The average molecular weight is 748 g/mol. The third-order valence-corrected chi connectivity index (χ3v) is 10.5. The molecule has 1 fully saturated rings. The van der Waals surface area contributed by atoms with E-state index in [1.165, 1.54) is 167 Å². The summed E-state index contributed by atoms with van der Waals surface area (Å²) in [5.41, 5.74) is 0. The molecule has 312 valence electrons. The molecule has 0 amide bonds. The minimum atomic E-state index is -0.325. The molecular formula is C47H89NO5. The second kappa shape index (κ2) is 41.9. The number of carbonyl (C=O) groups excluding carboxylic acids is 1. The summed E-state index contributed by atoms with van der Waals surface area (Å²) in [5, 5.41) is 0.